The third-order valence-corrected chi connectivity index (χ3v) is 9.63. The van der Waals surface area contributed by atoms with Gasteiger partial charge in [-0.05, 0) is 41.3 Å². The van der Waals surface area contributed by atoms with E-state index in [1.807, 2.05) is 40.4 Å². The van der Waals surface area contributed by atoms with E-state index in [1.54, 1.807) is 0 Å². The van der Waals surface area contributed by atoms with E-state index < -0.39 is 6.04 Å². The topological polar surface area (TPSA) is 74.9 Å². The monoisotopic (exact) mass is 550 g/mol. The summed E-state index contributed by atoms with van der Waals surface area (Å²) in [5.41, 5.74) is 6.52. The molecule has 5 aliphatic heterocycles. The van der Waals surface area contributed by atoms with Gasteiger partial charge in [0.25, 0.3) is 0 Å². The van der Waals surface area contributed by atoms with Crippen LogP contribution >= 0.6 is 12.1 Å². The normalized spacial score (nSPS) is 26.0. The van der Waals surface area contributed by atoms with Gasteiger partial charge in [0.05, 0.1) is 23.9 Å². The number of carbonyl (C=O) groups excluding carboxylic acids is 2. The minimum Gasteiger partial charge on any atom is -0.356 e. The predicted molar refractivity (Wildman–Crippen MR) is 155 cm³/mol. The van der Waals surface area contributed by atoms with Crippen LogP contribution < -0.4 is 4.72 Å². The summed E-state index contributed by atoms with van der Waals surface area (Å²) in [6.07, 6.45) is 9.61. The van der Waals surface area contributed by atoms with Crippen molar-refractivity contribution in [3.8, 4) is 0 Å². The smallest absolute Gasteiger partial charge is 0.246 e. The number of H-pyrrole nitrogens is 1. The van der Waals surface area contributed by atoms with Crippen LogP contribution in [0.3, 0.4) is 0 Å². The first-order valence-electron chi connectivity index (χ1n) is 13.9. The highest BCUT2D eigenvalue weighted by atomic mass is 32.2. The molecule has 0 bridgehead atoms. The summed E-state index contributed by atoms with van der Waals surface area (Å²) in [5, 5.41) is 1.13. The summed E-state index contributed by atoms with van der Waals surface area (Å²) >= 11 is 1.51. The number of likely N-dealkylation sites (tertiary alicyclic amines) is 1. The van der Waals surface area contributed by atoms with E-state index >= 15 is 0 Å². The van der Waals surface area contributed by atoms with Gasteiger partial charge in [0.2, 0.25) is 11.8 Å². The Hall–Kier alpha value is -3.95. The van der Waals surface area contributed by atoms with Crippen molar-refractivity contribution in [2.75, 3.05) is 19.6 Å². The van der Waals surface area contributed by atoms with E-state index in [-0.39, 0.29) is 30.4 Å². The molecule has 0 spiro atoms. The summed E-state index contributed by atoms with van der Waals surface area (Å²) in [7, 11) is 0. The molecule has 40 heavy (non-hydrogen) atoms. The van der Waals surface area contributed by atoms with Gasteiger partial charge in [0, 0.05) is 61.1 Å². The maximum absolute atomic E-state index is 14.3. The number of rotatable bonds is 4. The van der Waals surface area contributed by atoms with E-state index in [9.17, 15) is 9.59 Å². The number of aromatic nitrogens is 1. The number of carbonyl (C=O) groups is 2. The molecule has 5 aliphatic rings. The molecule has 2 aromatic carbocycles. The number of hydrogen-bond donors (Lipinski definition) is 2. The molecule has 8 nitrogen and oxygen atoms in total. The van der Waals surface area contributed by atoms with Gasteiger partial charge in [-0.15, -0.1) is 0 Å². The maximum Gasteiger partial charge on any atom is 0.246 e. The third kappa shape index (κ3) is 3.79. The molecule has 3 aromatic rings. The van der Waals surface area contributed by atoms with Gasteiger partial charge in [-0.1, -0.05) is 48.5 Å². The van der Waals surface area contributed by atoms with E-state index in [4.69, 9.17) is 0 Å². The van der Waals surface area contributed by atoms with Crippen molar-refractivity contribution in [3.63, 3.8) is 0 Å². The Morgan fingerprint density at radius 2 is 1.88 bits per heavy atom. The van der Waals surface area contributed by atoms with Crippen molar-refractivity contribution < 1.29 is 9.59 Å². The van der Waals surface area contributed by atoms with Crippen LogP contribution in [-0.2, 0) is 22.6 Å². The second kappa shape index (κ2) is 9.31. The Labute approximate surface area is 237 Å². The minimum atomic E-state index is -0.515. The van der Waals surface area contributed by atoms with Gasteiger partial charge in [0.1, 0.15) is 12.6 Å². The van der Waals surface area contributed by atoms with Crippen LogP contribution in [0, 0.1) is 0 Å². The van der Waals surface area contributed by atoms with Crippen LogP contribution in [0.15, 0.2) is 90.4 Å². The third-order valence-electron chi connectivity index (χ3n) is 8.88. The number of amides is 2. The van der Waals surface area contributed by atoms with Crippen molar-refractivity contribution in [1.82, 2.24) is 28.7 Å². The fraction of sp³-hybridized carbons (Fsp3) is 0.290. The molecular formula is C31H30N6O2S. The maximum atomic E-state index is 14.3. The van der Waals surface area contributed by atoms with Gasteiger partial charge in [-0.3, -0.25) is 18.8 Å². The zero-order chi connectivity index (χ0) is 26.8. The lowest BCUT2D eigenvalue weighted by Gasteiger charge is -2.48. The number of nitrogens with zero attached hydrogens (tertiary/aromatic N) is 4. The summed E-state index contributed by atoms with van der Waals surface area (Å²) in [6.45, 7) is 2.72. The zero-order valence-electron chi connectivity index (χ0n) is 22.0. The van der Waals surface area contributed by atoms with E-state index in [2.05, 4.69) is 67.5 Å². The van der Waals surface area contributed by atoms with Gasteiger partial charge in [-0.25, -0.2) is 0 Å². The van der Waals surface area contributed by atoms with Crippen LogP contribution in [0.1, 0.15) is 29.3 Å². The molecule has 0 unspecified atom stereocenters. The molecule has 3 atom stereocenters. The molecule has 2 amide bonds. The SMILES string of the molecule is O=C1[C@H]2Cc3c([nH]c4ccccc34)[C@@H](C3=CC4=CNSN4C=C3)N2C(=O)CN1[C@@H]1CCN(Cc2ccccc2)C1. The van der Waals surface area contributed by atoms with Crippen molar-refractivity contribution in [3.05, 3.63) is 107 Å². The molecule has 2 saturated heterocycles. The Morgan fingerprint density at radius 1 is 1.02 bits per heavy atom. The molecule has 8 rings (SSSR count). The molecule has 0 aliphatic carbocycles. The number of benzene rings is 2. The Balaban J connectivity index is 1.13. The van der Waals surface area contributed by atoms with Crippen LogP contribution in [-0.4, -0.2) is 67.5 Å². The first kappa shape index (κ1) is 23.9. The highest BCUT2D eigenvalue weighted by molar-refractivity contribution is 7.95. The zero-order valence-corrected chi connectivity index (χ0v) is 22.8. The second-order valence-corrected chi connectivity index (χ2v) is 12.0. The Bertz CT molecular complexity index is 1610. The average Bonchev–Trinajstić information content (AvgIpc) is 3.72. The lowest BCUT2D eigenvalue weighted by molar-refractivity contribution is -0.160. The number of fused-ring (bicyclic) bond motifs is 5. The average molecular weight is 551 g/mol. The van der Waals surface area contributed by atoms with Crippen LogP contribution in [0.4, 0.5) is 0 Å². The lowest BCUT2D eigenvalue weighted by atomic mass is 9.85. The van der Waals surface area contributed by atoms with Gasteiger partial charge in [-0.2, -0.15) is 0 Å². The summed E-state index contributed by atoms with van der Waals surface area (Å²) in [4.78, 5) is 38.1. The first-order valence-corrected chi connectivity index (χ1v) is 14.7. The summed E-state index contributed by atoms with van der Waals surface area (Å²) in [5.74, 6) is 0.0939. The molecule has 2 fully saturated rings. The number of allylic oxidation sites excluding steroid dienone is 1. The number of piperazine rings is 1. The molecule has 202 valence electrons. The van der Waals surface area contributed by atoms with E-state index in [0.717, 1.165) is 59.5 Å². The fourth-order valence-electron chi connectivity index (χ4n) is 7.02. The highest BCUT2D eigenvalue weighted by Gasteiger charge is 2.50. The minimum absolute atomic E-state index is 0.0186. The predicted octanol–water partition coefficient (Wildman–Crippen LogP) is 3.84. The lowest BCUT2D eigenvalue weighted by Crippen LogP contribution is -2.65. The largest absolute Gasteiger partial charge is 0.356 e. The Kier molecular flexibility index (Phi) is 5.56. The molecular weight excluding hydrogens is 520 g/mol. The number of para-hydroxylation sites is 1. The molecule has 1 aromatic heterocycles. The standard InChI is InChI=1S/C31H30N6O2S/c38-28-19-35(22-11-12-34(18-22)17-20-6-2-1-3-7-20)31(39)27-15-25-24-8-4-5-9-26(24)33-29(25)30(37(27)28)21-10-13-36-23(14-21)16-32-40-36/h1-10,13-14,16,22,27,30,32-33H,11-12,15,17-19H2/t22-,27-,30-/m1/s1. The van der Waals surface area contributed by atoms with E-state index in [1.165, 1.54) is 17.7 Å². The van der Waals surface area contributed by atoms with Gasteiger partial charge < -0.3 is 19.5 Å². The highest BCUT2D eigenvalue weighted by Crippen LogP contribution is 2.45. The van der Waals surface area contributed by atoms with Crippen LogP contribution in [0.2, 0.25) is 0 Å². The van der Waals surface area contributed by atoms with E-state index in [0.29, 0.717) is 6.42 Å². The van der Waals surface area contributed by atoms with Crippen LogP contribution in [0.25, 0.3) is 10.9 Å². The van der Waals surface area contributed by atoms with Gasteiger partial charge in [0.15, 0.2) is 0 Å². The van der Waals surface area contributed by atoms with Crippen LogP contribution in [0.5, 0.6) is 0 Å². The van der Waals surface area contributed by atoms with Gasteiger partial charge >= 0.3 is 0 Å². The Morgan fingerprint density at radius 3 is 2.77 bits per heavy atom. The fourth-order valence-corrected chi connectivity index (χ4v) is 7.64. The van der Waals surface area contributed by atoms with Crippen molar-refractivity contribution in [2.24, 2.45) is 0 Å². The number of aromatic amines is 1. The molecule has 0 saturated carbocycles. The second-order valence-electron chi connectivity index (χ2n) is 11.2. The molecule has 0 radical (unpaired) electrons. The van der Waals surface area contributed by atoms with Crippen molar-refractivity contribution in [1.29, 1.82) is 0 Å². The quantitative estimate of drug-likeness (QED) is 0.481. The molecule has 2 N–H and O–H groups in total. The summed E-state index contributed by atoms with van der Waals surface area (Å²) in [6, 6.07) is 17.9. The number of hydrogen-bond acceptors (Lipinski definition) is 6. The number of nitrogens with one attached hydrogen (secondary N) is 2. The molecule has 6 heterocycles. The molecule has 9 heteroatoms. The summed E-state index contributed by atoms with van der Waals surface area (Å²) < 4.78 is 5.25. The van der Waals surface area contributed by atoms with Crippen molar-refractivity contribution >= 4 is 34.9 Å². The van der Waals surface area contributed by atoms with Crippen molar-refractivity contribution in [2.45, 2.75) is 37.5 Å². The first-order chi connectivity index (χ1) is 19.6.